The van der Waals surface area contributed by atoms with Gasteiger partial charge in [-0.1, -0.05) is 6.58 Å². The molecule has 1 aliphatic heterocycles. The third-order valence-electron chi connectivity index (χ3n) is 8.50. The van der Waals surface area contributed by atoms with Gasteiger partial charge in [-0.15, -0.1) is 11.3 Å². The van der Waals surface area contributed by atoms with Gasteiger partial charge in [-0.3, -0.25) is 14.2 Å². The van der Waals surface area contributed by atoms with Gasteiger partial charge in [0.25, 0.3) is 0 Å². The molecule has 1 atom stereocenters. The van der Waals surface area contributed by atoms with Crippen LogP contribution in [-0.4, -0.2) is 62.2 Å². The van der Waals surface area contributed by atoms with E-state index in [-0.39, 0.29) is 47.7 Å². The number of nitrogens with zero attached hydrogens (tertiary/aromatic N) is 6. The van der Waals surface area contributed by atoms with Crippen LogP contribution in [0.3, 0.4) is 0 Å². The van der Waals surface area contributed by atoms with E-state index in [0.29, 0.717) is 51.0 Å². The van der Waals surface area contributed by atoms with Crippen LogP contribution in [0.15, 0.2) is 60.6 Å². The Labute approximate surface area is 271 Å². The molecule has 0 aliphatic carbocycles. The van der Waals surface area contributed by atoms with Crippen molar-refractivity contribution in [2.75, 3.05) is 26.9 Å². The molecule has 7 rings (SSSR count). The molecule has 6 aromatic rings. The SMILES string of the molecule is C=CC(=O)N1CCn2nc(-c3nc(-c4ccc5c(cnn5C)c4F)c4ccsc4c3-c3c(F)cc(F)cc3OCCOC)cc2[C@H]1C. The molecule has 0 spiro atoms. The average Bonchev–Trinajstić information content (AvgIpc) is 3.80. The van der Waals surface area contributed by atoms with E-state index in [2.05, 4.69) is 11.7 Å². The maximum absolute atomic E-state index is 16.2. The van der Waals surface area contributed by atoms with Gasteiger partial charge >= 0.3 is 0 Å². The van der Waals surface area contributed by atoms with Crippen molar-refractivity contribution in [3.63, 3.8) is 0 Å². The number of ether oxygens (including phenoxy) is 2. The van der Waals surface area contributed by atoms with Crippen LogP contribution in [0.4, 0.5) is 13.2 Å². The Kier molecular flexibility index (Phi) is 7.80. The Morgan fingerprint density at radius 2 is 1.91 bits per heavy atom. The maximum atomic E-state index is 16.2. The van der Waals surface area contributed by atoms with Crippen LogP contribution >= 0.6 is 11.3 Å². The molecule has 2 aromatic carbocycles. The number of fused-ring (bicyclic) bond motifs is 3. The van der Waals surface area contributed by atoms with E-state index in [1.807, 2.05) is 12.3 Å². The molecule has 9 nitrogen and oxygen atoms in total. The minimum atomic E-state index is -0.856. The first kappa shape index (κ1) is 30.6. The number of carbonyl (C=O) groups is 1. The molecule has 0 saturated heterocycles. The van der Waals surface area contributed by atoms with Crippen molar-refractivity contribution in [3.05, 3.63) is 83.8 Å². The second kappa shape index (κ2) is 12.0. The van der Waals surface area contributed by atoms with Crippen LogP contribution in [0.1, 0.15) is 18.7 Å². The molecule has 0 fully saturated rings. The molecule has 0 saturated carbocycles. The summed E-state index contributed by atoms with van der Waals surface area (Å²) in [5, 5.41) is 11.8. The van der Waals surface area contributed by atoms with E-state index in [1.54, 1.807) is 45.6 Å². The van der Waals surface area contributed by atoms with E-state index in [1.165, 1.54) is 30.7 Å². The van der Waals surface area contributed by atoms with Gasteiger partial charge < -0.3 is 14.4 Å². The van der Waals surface area contributed by atoms with Crippen molar-refractivity contribution in [2.45, 2.75) is 19.5 Å². The summed E-state index contributed by atoms with van der Waals surface area (Å²) >= 11 is 1.31. The fraction of sp³-hybridized carbons (Fsp3) is 0.235. The first-order chi connectivity index (χ1) is 22.7. The summed E-state index contributed by atoms with van der Waals surface area (Å²) in [5.74, 6) is -2.40. The number of thiophene rings is 1. The highest BCUT2D eigenvalue weighted by atomic mass is 32.1. The molecule has 5 heterocycles. The monoisotopic (exact) mass is 658 g/mol. The summed E-state index contributed by atoms with van der Waals surface area (Å²) in [6.45, 7) is 6.57. The van der Waals surface area contributed by atoms with Crippen LogP contribution in [0.5, 0.6) is 5.75 Å². The molecule has 0 bridgehead atoms. The molecule has 0 N–H and O–H groups in total. The minimum absolute atomic E-state index is 0.00494. The van der Waals surface area contributed by atoms with Crippen LogP contribution in [0.2, 0.25) is 0 Å². The lowest BCUT2D eigenvalue weighted by Crippen LogP contribution is -2.40. The Hall–Kier alpha value is -5.01. The lowest BCUT2D eigenvalue weighted by molar-refractivity contribution is -0.129. The molecular weight excluding hydrogens is 629 g/mol. The standard InChI is InChI=1S/C34H29F3N6O3S/c1-5-28(44)42-9-10-43-26(18(42)2)16-24(40-43)33-30(29-23(36)14-19(35)15-27(29)46-12-11-45-4)34-21(8-13-47-34)32(39-33)20-6-7-25-22(31(20)37)17-38-41(25)3/h5-8,13-18H,1,9-12H2,2-4H3/t18-/m1/s1. The lowest BCUT2D eigenvalue weighted by Gasteiger charge is -2.33. The van der Waals surface area contributed by atoms with E-state index < -0.39 is 17.5 Å². The Morgan fingerprint density at radius 1 is 1.09 bits per heavy atom. The summed E-state index contributed by atoms with van der Waals surface area (Å²) in [5.41, 5.74) is 2.86. The Bertz CT molecular complexity index is 2210. The number of pyridine rings is 1. The lowest BCUT2D eigenvalue weighted by atomic mass is 9.96. The fourth-order valence-corrected chi connectivity index (χ4v) is 7.15. The van der Waals surface area contributed by atoms with E-state index in [9.17, 15) is 9.18 Å². The minimum Gasteiger partial charge on any atom is -0.490 e. The molecule has 0 radical (unpaired) electrons. The van der Waals surface area contributed by atoms with E-state index >= 15 is 8.78 Å². The van der Waals surface area contributed by atoms with E-state index in [4.69, 9.17) is 19.6 Å². The molecule has 240 valence electrons. The van der Waals surface area contributed by atoms with Crippen LogP contribution in [0, 0.1) is 17.5 Å². The molecule has 0 unspecified atom stereocenters. The first-order valence-electron chi connectivity index (χ1n) is 14.9. The predicted molar refractivity (Wildman–Crippen MR) is 174 cm³/mol. The molecular formula is C34H29F3N6O3S. The number of carbonyl (C=O) groups excluding carboxylic acids is 1. The van der Waals surface area contributed by atoms with Crippen molar-refractivity contribution in [2.24, 2.45) is 7.05 Å². The summed E-state index contributed by atoms with van der Waals surface area (Å²) in [6.07, 6.45) is 2.74. The molecule has 1 amide bonds. The predicted octanol–water partition coefficient (Wildman–Crippen LogP) is 6.91. The van der Waals surface area contributed by atoms with Gasteiger partial charge in [-0.25, -0.2) is 18.2 Å². The van der Waals surface area contributed by atoms with Gasteiger partial charge in [0.15, 0.2) is 0 Å². The average molecular weight is 659 g/mol. The van der Waals surface area contributed by atoms with Crippen molar-refractivity contribution in [1.29, 1.82) is 0 Å². The second-order valence-corrected chi connectivity index (χ2v) is 12.1. The van der Waals surface area contributed by atoms with Crippen molar-refractivity contribution in [3.8, 4) is 39.5 Å². The highest BCUT2D eigenvalue weighted by Crippen LogP contribution is 2.48. The fourth-order valence-electron chi connectivity index (χ4n) is 6.20. The van der Waals surface area contributed by atoms with Gasteiger partial charge in [-0.2, -0.15) is 10.2 Å². The van der Waals surface area contributed by atoms with Gasteiger partial charge in [0.05, 0.1) is 53.2 Å². The number of amides is 1. The Morgan fingerprint density at radius 3 is 2.70 bits per heavy atom. The first-order valence-corrected chi connectivity index (χ1v) is 15.7. The third-order valence-corrected chi connectivity index (χ3v) is 9.43. The largest absolute Gasteiger partial charge is 0.490 e. The number of methoxy groups -OCH3 is 1. The zero-order valence-corrected chi connectivity index (χ0v) is 26.6. The summed E-state index contributed by atoms with van der Waals surface area (Å²) in [6, 6.07) is 8.61. The number of aryl methyl sites for hydroxylation is 1. The highest BCUT2D eigenvalue weighted by Gasteiger charge is 2.32. The van der Waals surface area contributed by atoms with Crippen molar-refractivity contribution in [1.82, 2.24) is 29.4 Å². The number of aromatic nitrogens is 5. The quantitative estimate of drug-likeness (QED) is 0.131. The molecule has 47 heavy (non-hydrogen) atoms. The van der Waals surface area contributed by atoms with Crippen LogP contribution in [-0.2, 0) is 23.1 Å². The van der Waals surface area contributed by atoms with Crippen LogP contribution in [0.25, 0.3) is 54.8 Å². The van der Waals surface area contributed by atoms with Gasteiger partial charge in [-0.05, 0) is 42.6 Å². The summed E-state index contributed by atoms with van der Waals surface area (Å²) in [4.78, 5) is 19.3. The smallest absolute Gasteiger partial charge is 0.246 e. The zero-order chi connectivity index (χ0) is 33.0. The number of hydrogen-bond donors (Lipinski definition) is 0. The van der Waals surface area contributed by atoms with Gasteiger partial charge in [0.2, 0.25) is 5.91 Å². The topological polar surface area (TPSA) is 87.3 Å². The van der Waals surface area contributed by atoms with Crippen molar-refractivity contribution >= 4 is 38.2 Å². The van der Waals surface area contributed by atoms with Crippen LogP contribution < -0.4 is 4.74 Å². The van der Waals surface area contributed by atoms with E-state index in [0.717, 1.165) is 17.8 Å². The second-order valence-electron chi connectivity index (χ2n) is 11.2. The highest BCUT2D eigenvalue weighted by molar-refractivity contribution is 7.18. The number of halogens is 3. The third kappa shape index (κ3) is 5.06. The molecule has 1 aliphatic rings. The summed E-state index contributed by atoms with van der Waals surface area (Å²) in [7, 11) is 3.23. The zero-order valence-electron chi connectivity index (χ0n) is 25.8. The normalized spacial score (nSPS) is 14.6. The summed E-state index contributed by atoms with van der Waals surface area (Å²) < 4.78 is 61.8. The number of rotatable bonds is 8. The molecule has 4 aromatic heterocycles. The number of hydrogen-bond acceptors (Lipinski definition) is 7. The maximum Gasteiger partial charge on any atom is 0.246 e. The molecule has 13 heteroatoms. The van der Waals surface area contributed by atoms with Gasteiger partial charge in [0.1, 0.15) is 41.2 Å². The number of benzene rings is 2. The van der Waals surface area contributed by atoms with Crippen molar-refractivity contribution < 1.29 is 27.4 Å². The van der Waals surface area contributed by atoms with Gasteiger partial charge in [0, 0.05) is 54.0 Å². The Balaban J connectivity index is 1.52.